The van der Waals surface area contributed by atoms with Gasteiger partial charge in [0.2, 0.25) is 0 Å². The molecule has 2 nitrogen and oxygen atoms in total. The number of methoxy groups -OCH3 is 1. The lowest BCUT2D eigenvalue weighted by molar-refractivity contribution is 0.283. The Morgan fingerprint density at radius 2 is 2.00 bits per heavy atom. The van der Waals surface area contributed by atoms with Gasteiger partial charge in [0.25, 0.3) is 0 Å². The monoisotopic (exact) mass is 208 g/mol. The van der Waals surface area contributed by atoms with Crippen molar-refractivity contribution >= 4 is 0 Å². The summed E-state index contributed by atoms with van der Waals surface area (Å²) in [4.78, 5) is 0. The van der Waals surface area contributed by atoms with Gasteiger partial charge in [-0.2, -0.15) is 0 Å². The minimum Gasteiger partial charge on any atom is -0.496 e. The quantitative estimate of drug-likeness (QED) is 0.728. The van der Waals surface area contributed by atoms with Crippen LogP contribution in [0.15, 0.2) is 18.2 Å². The van der Waals surface area contributed by atoms with Crippen molar-refractivity contribution < 1.29 is 9.84 Å². The first kappa shape index (κ1) is 12.1. The van der Waals surface area contributed by atoms with Crippen molar-refractivity contribution in [3.05, 3.63) is 29.3 Å². The van der Waals surface area contributed by atoms with E-state index in [4.69, 9.17) is 9.84 Å². The van der Waals surface area contributed by atoms with E-state index < -0.39 is 0 Å². The van der Waals surface area contributed by atoms with Crippen molar-refractivity contribution in [1.29, 1.82) is 0 Å². The van der Waals surface area contributed by atoms with Crippen LogP contribution in [0.4, 0.5) is 0 Å². The summed E-state index contributed by atoms with van der Waals surface area (Å²) in [6.45, 7) is 2.39. The molecule has 0 bridgehead atoms. The van der Waals surface area contributed by atoms with Crippen LogP contribution in [0.5, 0.6) is 5.75 Å². The molecule has 0 fully saturated rings. The van der Waals surface area contributed by atoms with E-state index in [1.54, 1.807) is 7.11 Å². The molecule has 0 saturated heterocycles. The zero-order chi connectivity index (χ0) is 11.1. The fourth-order valence-electron chi connectivity index (χ4n) is 1.71. The highest BCUT2D eigenvalue weighted by atomic mass is 16.5. The van der Waals surface area contributed by atoms with Crippen LogP contribution in [0.1, 0.15) is 30.4 Å². The van der Waals surface area contributed by atoms with Crippen LogP contribution in [-0.2, 0) is 6.42 Å². The molecule has 0 aliphatic rings. The fraction of sp³-hybridized carbons (Fsp3) is 0.538. The van der Waals surface area contributed by atoms with Gasteiger partial charge in [-0.15, -0.1) is 0 Å². The smallest absolute Gasteiger partial charge is 0.122 e. The first-order valence-electron chi connectivity index (χ1n) is 5.52. The van der Waals surface area contributed by atoms with Gasteiger partial charge in [0.15, 0.2) is 0 Å². The molecule has 0 aromatic heterocycles. The first-order valence-corrected chi connectivity index (χ1v) is 5.52. The van der Waals surface area contributed by atoms with Gasteiger partial charge in [0, 0.05) is 6.61 Å². The van der Waals surface area contributed by atoms with E-state index >= 15 is 0 Å². The van der Waals surface area contributed by atoms with Crippen LogP contribution in [-0.4, -0.2) is 18.8 Å². The fourth-order valence-corrected chi connectivity index (χ4v) is 1.71. The van der Waals surface area contributed by atoms with Crippen LogP contribution >= 0.6 is 0 Å². The molecule has 1 aromatic carbocycles. The maximum absolute atomic E-state index is 8.68. The van der Waals surface area contributed by atoms with Crippen molar-refractivity contribution in [2.75, 3.05) is 13.7 Å². The Bertz CT molecular complexity index is 295. The molecular formula is C13H20O2. The molecule has 2 heteroatoms. The van der Waals surface area contributed by atoms with Crippen LogP contribution in [0.3, 0.4) is 0 Å². The molecule has 1 aromatic rings. The topological polar surface area (TPSA) is 29.5 Å². The second-order valence-electron chi connectivity index (χ2n) is 3.85. The van der Waals surface area contributed by atoms with E-state index in [1.165, 1.54) is 11.1 Å². The molecule has 1 N–H and O–H groups in total. The van der Waals surface area contributed by atoms with E-state index in [0.717, 1.165) is 31.4 Å². The number of aliphatic hydroxyl groups is 1. The number of hydrogen-bond acceptors (Lipinski definition) is 2. The maximum atomic E-state index is 8.68. The van der Waals surface area contributed by atoms with Crippen LogP contribution in [0.25, 0.3) is 0 Å². The van der Waals surface area contributed by atoms with Crippen molar-refractivity contribution in [3.8, 4) is 5.75 Å². The molecule has 0 radical (unpaired) electrons. The van der Waals surface area contributed by atoms with E-state index in [9.17, 15) is 0 Å². The Labute approximate surface area is 91.9 Å². The number of benzene rings is 1. The molecule has 0 aliphatic carbocycles. The van der Waals surface area contributed by atoms with Crippen LogP contribution in [0.2, 0.25) is 0 Å². The average Bonchev–Trinajstić information content (AvgIpc) is 2.25. The van der Waals surface area contributed by atoms with Gasteiger partial charge in [-0.25, -0.2) is 0 Å². The third kappa shape index (κ3) is 3.92. The summed E-state index contributed by atoms with van der Waals surface area (Å²) in [6.07, 6.45) is 4.12. The van der Waals surface area contributed by atoms with E-state index in [1.807, 2.05) is 6.07 Å². The Morgan fingerprint density at radius 1 is 1.20 bits per heavy atom. The Morgan fingerprint density at radius 3 is 2.67 bits per heavy atom. The summed E-state index contributed by atoms with van der Waals surface area (Å²) in [5.74, 6) is 0.976. The van der Waals surface area contributed by atoms with Gasteiger partial charge in [-0.05, 0) is 37.8 Å². The molecule has 15 heavy (non-hydrogen) atoms. The van der Waals surface area contributed by atoms with Gasteiger partial charge >= 0.3 is 0 Å². The van der Waals surface area contributed by atoms with Crippen molar-refractivity contribution in [2.24, 2.45) is 0 Å². The lowest BCUT2D eigenvalue weighted by atomic mass is 10.0. The van der Waals surface area contributed by atoms with Gasteiger partial charge in [-0.3, -0.25) is 0 Å². The molecule has 0 heterocycles. The molecule has 0 amide bonds. The Hall–Kier alpha value is -1.02. The van der Waals surface area contributed by atoms with Crippen molar-refractivity contribution in [1.82, 2.24) is 0 Å². The second kappa shape index (κ2) is 6.46. The minimum absolute atomic E-state index is 0.297. The minimum atomic E-state index is 0.297. The van der Waals surface area contributed by atoms with E-state index in [0.29, 0.717) is 6.61 Å². The van der Waals surface area contributed by atoms with Gasteiger partial charge in [-0.1, -0.05) is 24.1 Å². The summed E-state index contributed by atoms with van der Waals surface area (Å²) in [5, 5.41) is 8.68. The lowest BCUT2D eigenvalue weighted by Gasteiger charge is -2.09. The molecule has 0 atom stereocenters. The van der Waals surface area contributed by atoms with Gasteiger partial charge < -0.3 is 9.84 Å². The molecular weight excluding hydrogens is 188 g/mol. The third-order valence-corrected chi connectivity index (χ3v) is 2.54. The third-order valence-electron chi connectivity index (χ3n) is 2.54. The highest BCUT2D eigenvalue weighted by Gasteiger charge is 2.02. The number of aliphatic hydroxyl groups excluding tert-OH is 1. The van der Waals surface area contributed by atoms with Gasteiger partial charge in [0.05, 0.1) is 7.11 Å². The Balaban J connectivity index is 2.54. The predicted octanol–water partition coefficient (Wildman–Crippen LogP) is 2.71. The second-order valence-corrected chi connectivity index (χ2v) is 3.85. The molecule has 0 aliphatic heterocycles. The summed E-state index contributed by atoms with van der Waals surface area (Å²) in [6, 6.07) is 6.27. The van der Waals surface area contributed by atoms with Crippen molar-refractivity contribution in [2.45, 2.75) is 32.6 Å². The maximum Gasteiger partial charge on any atom is 0.122 e. The Kier molecular flexibility index (Phi) is 5.19. The molecule has 1 rings (SSSR count). The molecule has 84 valence electrons. The van der Waals surface area contributed by atoms with Gasteiger partial charge in [0.1, 0.15) is 5.75 Å². The first-order chi connectivity index (χ1) is 7.27. The SMILES string of the molecule is COc1ccc(C)cc1CCCCCO. The number of ether oxygens (including phenoxy) is 1. The number of rotatable bonds is 6. The average molecular weight is 208 g/mol. The molecule has 0 spiro atoms. The summed E-state index contributed by atoms with van der Waals surface area (Å²) < 4.78 is 5.31. The largest absolute Gasteiger partial charge is 0.496 e. The molecule has 0 saturated carbocycles. The lowest BCUT2D eigenvalue weighted by Crippen LogP contribution is -1.94. The van der Waals surface area contributed by atoms with E-state index in [-0.39, 0.29) is 0 Å². The zero-order valence-corrected chi connectivity index (χ0v) is 9.62. The number of aryl methyl sites for hydroxylation is 2. The van der Waals surface area contributed by atoms with Crippen LogP contribution < -0.4 is 4.74 Å². The molecule has 0 unspecified atom stereocenters. The van der Waals surface area contributed by atoms with Crippen LogP contribution in [0, 0.1) is 6.92 Å². The number of hydrogen-bond donors (Lipinski definition) is 1. The normalized spacial score (nSPS) is 10.3. The van der Waals surface area contributed by atoms with Crippen molar-refractivity contribution in [3.63, 3.8) is 0 Å². The summed E-state index contributed by atoms with van der Waals surface area (Å²) >= 11 is 0. The summed E-state index contributed by atoms with van der Waals surface area (Å²) in [7, 11) is 1.71. The predicted molar refractivity (Wildman–Crippen MR) is 62.4 cm³/mol. The summed E-state index contributed by atoms with van der Waals surface area (Å²) in [5.41, 5.74) is 2.54. The highest BCUT2D eigenvalue weighted by molar-refractivity contribution is 5.36. The standard InChI is InChI=1S/C13H20O2/c1-11-7-8-13(15-2)12(10-11)6-4-3-5-9-14/h7-8,10,14H,3-6,9H2,1-2H3. The highest BCUT2D eigenvalue weighted by Crippen LogP contribution is 2.21. The van der Waals surface area contributed by atoms with E-state index in [2.05, 4.69) is 19.1 Å². The number of unbranched alkanes of at least 4 members (excludes halogenated alkanes) is 2. The zero-order valence-electron chi connectivity index (χ0n) is 9.62.